The van der Waals surface area contributed by atoms with E-state index in [0.29, 0.717) is 0 Å². The molecule has 7 nitrogen and oxygen atoms in total. The topological polar surface area (TPSA) is 127 Å². The molecule has 1 aliphatic heterocycles. The lowest BCUT2D eigenvalue weighted by Crippen LogP contribution is -2.70. The minimum absolute atomic E-state index is 1.07. The summed E-state index contributed by atoms with van der Waals surface area (Å²) in [6.07, 6.45) is -14.3. The number of carbonyl (C=O) groups is 1. The van der Waals surface area contributed by atoms with E-state index >= 15 is 0 Å². The monoisotopic (exact) mass is 276 g/mol. The van der Waals surface area contributed by atoms with Crippen molar-refractivity contribution in [2.75, 3.05) is 6.61 Å². The normalized spacial score (nSPS) is 41.8. The summed E-state index contributed by atoms with van der Waals surface area (Å²) >= 11 is 0. The molecule has 10 heteroatoms. The van der Waals surface area contributed by atoms with E-state index in [1.165, 1.54) is 0 Å². The number of aliphatic hydroxyl groups excluding tert-OH is 4. The van der Waals surface area contributed by atoms with Crippen LogP contribution in [0.1, 0.15) is 0 Å². The molecule has 5 N–H and O–H groups in total. The number of ketones is 1. The molecule has 0 bridgehead atoms. The molecule has 0 aromatic rings. The Balaban J connectivity index is 3.10. The molecule has 0 saturated carbocycles. The molecule has 1 saturated heterocycles. The van der Waals surface area contributed by atoms with Gasteiger partial charge in [0.2, 0.25) is 0 Å². The van der Waals surface area contributed by atoms with Gasteiger partial charge in [0.05, 0.1) is 6.61 Å². The summed E-state index contributed by atoms with van der Waals surface area (Å²) in [5, 5.41) is 45.8. The quantitative estimate of drug-likeness (QED) is 0.371. The second kappa shape index (κ2) is 4.72. The Morgan fingerprint density at radius 1 is 1.22 bits per heavy atom. The number of aliphatic hydroxyl groups is 5. The smallest absolute Gasteiger partial charge is 0.394 e. The van der Waals surface area contributed by atoms with Crippen LogP contribution in [0.4, 0.5) is 13.2 Å². The highest BCUT2D eigenvalue weighted by molar-refractivity contribution is 5.91. The summed E-state index contributed by atoms with van der Waals surface area (Å²) in [4.78, 5) is 10.9. The van der Waals surface area contributed by atoms with Crippen LogP contribution < -0.4 is 0 Å². The standard InChI is InChI=1S/C8H11F3O7/c9-8(10,11)6(16)7(17)5(15)4(14)3(13)2(1-12)18-7/h2-5,12-15,17H,1H2/t2-,3-,4+,5-,7?/m1/s1. The number of halogens is 3. The molecule has 0 spiro atoms. The first-order valence-electron chi connectivity index (χ1n) is 4.72. The summed E-state index contributed by atoms with van der Waals surface area (Å²) in [6, 6.07) is 0. The molecular weight excluding hydrogens is 265 g/mol. The Hall–Kier alpha value is -0.780. The Labute approximate surface area is 98.0 Å². The largest absolute Gasteiger partial charge is 0.455 e. The van der Waals surface area contributed by atoms with E-state index in [9.17, 15) is 38.4 Å². The van der Waals surface area contributed by atoms with Gasteiger partial charge in [0.1, 0.15) is 24.4 Å². The summed E-state index contributed by atoms with van der Waals surface area (Å²) in [5.74, 6) is -6.61. The second-order valence-corrected chi connectivity index (χ2v) is 3.79. The predicted octanol–water partition coefficient (Wildman–Crippen LogP) is -2.72. The highest BCUT2D eigenvalue weighted by Gasteiger charge is 2.63. The van der Waals surface area contributed by atoms with Gasteiger partial charge in [-0.2, -0.15) is 13.2 Å². The fraction of sp³-hybridized carbons (Fsp3) is 0.875. The van der Waals surface area contributed by atoms with Crippen molar-refractivity contribution in [3.8, 4) is 0 Å². The summed E-state index contributed by atoms with van der Waals surface area (Å²) < 4.78 is 40.8. The average molecular weight is 276 g/mol. The van der Waals surface area contributed by atoms with Crippen molar-refractivity contribution in [3.63, 3.8) is 0 Å². The number of rotatable bonds is 2. The minimum atomic E-state index is -5.53. The van der Waals surface area contributed by atoms with Crippen molar-refractivity contribution in [1.29, 1.82) is 0 Å². The summed E-state index contributed by atoms with van der Waals surface area (Å²) in [7, 11) is 0. The van der Waals surface area contributed by atoms with Crippen LogP contribution in [0.3, 0.4) is 0 Å². The highest BCUT2D eigenvalue weighted by atomic mass is 19.4. The molecular formula is C8H11F3O7. The number of hydrogen-bond acceptors (Lipinski definition) is 7. The lowest BCUT2D eigenvalue weighted by Gasteiger charge is -2.44. The lowest BCUT2D eigenvalue weighted by atomic mass is 9.90. The first-order valence-corrected chi connectivity index (χ1v) is 4.72. The van der Waals surface area contributed by atoms with Gasteiger partial charge in [-0.3, -0.25) is 4.79 Å². The Kier molecular flexibility index (Phi) is 4.00. The van der Waals surface area contributed by atoms with Crippen molar-refractivity contribution in [3.05, 3.63) is 0 Å². The molecule has 18 heavy (non-hydrogen) atoms. The zero-order valence-corrected chi connectivity index (χ0v) is 8.70. The first-order chi connectivity index (χ1) is 8.05. The van der Waals surface area contributed by atoms with E-state index in [2.05, 4.69) is 4.74 Å². The molecule has 0 amide bonds. The number of Topliss-reactive ketones (excluding diaryl/α,β-unsaturated/α-hetero) is 1. The van der Waals surface area contributed by atoms with Crippen molar-refractivity contribution < 1.29 is 48.2 Å². The van der Waals surface area contributed by atoms with Crippen molar-refractivity contribution >= 4 is 5.78 Å². The van der Waals surface area contributed by atoms with Gasteiger partial charge >= 0.3 is 6.18 Å². The maximum absolute atomic E-state index is 12.2. The van der Waals surface area contributed by atoms with Crippen LogP contribution in [0.5, 0.6) is 0 Å². The summed E-state index contributed by atoms with van der Waals surface area (Å²) in [5.41, 5.74) is 0. The molecule has 1 heterocycles. The second-order valence-electron chi connectivity index (χ2n) is 3.79. The molecule has 106 valence electrons. The predicted molar refractivity (Wildman–Crippen MR) is 46.0 cm³/mol. The number of ether oxygens (including phenoxy) is 1. The molecule has 1 unspecified atom stereocenters. The van der Waals surface area contributed by atoms with E-state index in [1.54, 1.807) is 0 Å². The number of alkyl halides is 3. The SMILES string of the molecule is O=C(C(F)(F)F)C1(O)O[C@H](CO)[C@@H](O)[C@H](O)[C@H]1O. The van der Waals surface area contributed by atoms with Gasteiger partial charge < -0.3 is 30.3 Å². The van der Waals surface area contributed by atoms with Crippen LogP contribution in [-0.2, 0) is 9.53 Å². The van der Waals surface area contributed by atoms with Gasteiger partial charge in [-0.15, -0.1) is 0 Å². The Morgan fingerprint density at radius 2 is 1.72 bits per heavy atom. The van der Waals surface area contributed by atoms with Crippen LogP contribution in [0, 0.1) is 0 Å². The van der Waals surface area contributed by atoms with Gasteiger partial charge in [-0.1, -0.05) is 0 Å². The van der Waals surface area contributed by atoms with Crippen LogP contribution in [-0.4, -0.2) is 74.3 Å². The molecule has 1 rings (SSSR count). The molecule has 0 aromatic carbocycles. The van der Waals surface area contributed by atoms with Crippen LogP contribution in [0.2, 0.25) is 0 Å². The third-order valence-electron chi connectivity index (χ3n) is 2.55. The van der Waals surface area contributed by atoms with Crippen molar-refractivity contribution in [1.82, 2.24) is 0 Å². The zero-order chi connectivity index (χ0) is 14.3. The van der Waals surface area contributed by atoms with E-state index < -0.39 is 48.8 Å². The molecule has 1 aliphatic rings. The van der Waals surface area contributed by atoms with Crippen molar-refractivity contribution in [2.24, 2.45) is 0 Å². The number of carbonyl (C=O) groups excluding carboxylic acids is 1. The molecule has 0 aromatic heterocycles. The van der Waals surface area contributed by atoms with Crippen LogP contribution in [0.25, 0.3) is 0 Å². The number of hydrogen-bond donors (Lipinski definition) is 5. The lowest BCUT2D eigenvalue weighted by molar-refractivity contribution is -0.340. The third-order valence-corrected chi connectivity index (χ3v) is 2.55. The zero-order valence-electron chi connectivity index (χ0n) is 8.70. The Bertz CT molecular complexity index is 331. The van der Waals surface area contributed by atoms with Gasteiger partial charge in [-0.05, 0) is 0 Å². The van der Waals surface area contributed by atoms with E-state index in [4.69, 9.17) is 5.11 Å². The van der Waals surface area contributed by atoms with Crippen LogP contribution >= 0.6 is 0 Å². The fourth-order valence-electron chi connectivity index (χ4n) is 1.54. The fourth-order valence-corrected chi connectivity index (χ4v) is 1.54. The van der Waals surface area contributed by atoms with Crippen LogP contribution in [0.15, 0.2) is 0 Å². The summed E-state index contributed by atoms with van der Waals surface area (Å²) in [6.45, 7) is -1.07. The molecule has 5 atom stereocenters. The highest BCUT2D eigenvalue weighted by Crippen LogP contribution is 2.34. The first kappa shape index (κ1) is 15.3. The van der Waals surface area contributed by atoms with Crippen molar-refractivity contribution in [2.45, 2.75) is 36.4 Å². The van der Waals surface area contributed by atoms with E-state index in [0.717, 1.165) is 0 Å². The van der Waals surface area contributed by atoms with E-state index in [1.807, 2.05) is 0 Å². The van der Waals surface area contributed by atoms with Gasteiger partial charge in [-0.25, -0.2) is 0 Å². The van der Waals surface area contributed by atoms with Gasteiger partial charge in [0, 0.05) is 0 Å². The molecule has 0 aliphatic carbocycles. The molecule has 0 radical (unpaired) electrons. The maximum atomic E-state index is 12.2. The average Bonchev–Trinajstić information content (AvgIpc) is 2.29. The van der Waals surface area contributed by atoms with Gasteiger partial charge in [0.25, 0.3) is 11.6 Å². The molecule has 1 fully saturated rings. The maximum Gasteiger partial charge on any atom is 0.455 e. The van der Waals surface area contributed by atoms with E-state index in [-0.39, 0.29) is 0 Å². The Morgan fingerprint density at radius 3 is 2.11 bits per heavy atom. The third kappa shape index (κ3) is 2.35. The van der Waals surface area contributed by atoms with Gasteiger partial charge in [0.15, 0.2) is 0 Å². The minimum Gasteiger partial charge on any atom is -0.394 e.